The van der Waals surface area contributed by atoms with Gasteiger partial charge in [0.15, 0.2) is 0 Å². The summed E-state index contributed by atoms with van der Waals surface area (Å²) in [6.07, 6.45) is 0.106. The third-order valence-electron chi connectivity index (χ3n) is 2.46. The average Bonchev–Trinajstić information content (AvgIpc) is 2.20. The third-order valence-corrected chi connectivity index (χ3v) is 2.91. The van der Waals surface area contributed by atoms with Crippen LogP contribution in [0.25, 0.3) is 0 Å². The maximum Gasteiger partial charge on any atom is 0.129 e. The zero-order valence-corrected chi connectivity index (χ0v) is 11.2. The Kier molecular flexibility index (Phi) is 4.56. The second-order valence-corrected chi connectivity index (χ2v) is 4.95. The standard InChI is InChI=1S/C12H16ClNOS/c1-7(2)8(3)15-11-5-4-9(13)6-10(11)12(14)16/h4-8H,1-3H3,(H2,14,16). The van der Waals surface area contributed by atoms with Crippen LogP contribution in [0.5, 0.6) is 5.75 Å². The van der Waals surface area contributed by atoms with Gasteiger partial charge < -0.3 is 10.5 Å². The minimum Gasteiger partial charge on any atom is -0.490 e. The Hall–Kier alpha value is -0.800. The van der Waals surface area contributed by atoms with E-state index in [2.05, 4.69) is 13.8 Å². The lowest BCUT2D eigenvalue weighted by atomic mass is 10.1. The Balaban J connectivity index is 2.99. The summed E-state index contributed by atoms with van der Waals surface area (Å²) in [4.78, 5) is 0.299. The summed E-state index contributed by atoms with van der Waals surface area (Å²) < 4.78 is 5.80. The van der Waals surface area contributed by atoms with Gasteiger partial charge in [0.2, 0.25) is 0 Å². The molecule has 0 saturated carbocycles. The van der Waals surface area contributed by atoms with Crippen molar-refractivity contribution in [2.24, 2.45) is 11.7 Å². The Bertz CT molecular complexity index is 393. The lowest BCUT2D eigenvalue weighted by molar-refractivity contribution is 0.170. The van der Waals surface area contributed by atoms with E-state index in [1.54, 1.807) is 18.2 Å². The van der Waals surface area contributed by atoms with Gasteiger partial charge >= 0.3 is 0 Å². The van der Waals surface area contributed by atoms with Gasteiger partial charge in [-0.25, -0.2) is 0 Å². The van der Waals surface area contributed by atoms with Crippen LogP contribution in [-0.4, -0.2) is 11.1 Å². The van der Waals surface area contributed by atoms with Crippen LogP contribution >= 0.6 is 23.8 Å². The SMILES string of the molecule is CC(C)C(C)Oc1ccc(Cl)cc1C(N)=S. The van der Waals surface area contributed by atoms with Crippen molar-refractivity contribution in [3.05, 3.63) is 28.8 Å². The van der Waals surface area contributed by atoms with Gasteiger partial charge in [-0.1, -0.05) is 37.7 Å². The molecule has 4 heteroatoms. The molecule has 0 spiro atoms. The van der Waals surface area contributed by atoms with E-state index in [4.69, 9.17) is 34.3 Å². The molecule has 0 fully saturated rings. The van der Waals surface area contributed by atoms with Crippen molar-refractivity contribution in [3.8, 4) is 5.75 Å². The fourth-order valence-corrected chi connectivity index (χ4v) is 1.47. The first-order chi connectivity index (χ1) is 7.41. The highest BCUT2D eigenvalue weighted by Crippen LogP contribution is 2.25. The Morgan fingerprint density at radius 3 is 2.50 bits per heavy atom. The molecule has 0 radical (unpaired) electrons. The number of rotatable bonds is 4. The molecule has 0 bridgehead atoms. The number of thiocarbonyl (C=S) groups is 1. The molecule has 0 saturated heterocycles. The van der Waals surface area contributed by atoms with E-state index in [1.807, 2.05) is 6.92 Å². The number of benzene rings is 1. The molecule has 2 nitrogen and oxygen atoms in total. The number of hydrogen-bond donors (Lipinski definition) is 1. The molecule has 1 atom stereocenters. The molecule has 0 aliphatic rings. The van der Waals surface area contributed by atoms with Gasteiger partial charge in [0, 0.05) is 5.02 Å². The average molecular weight is 258 g/mol. The minimum atomic E-state index is 0.106. The van der Waals surface area contributed by atoms with Crippen LogP contribution in [0.1, 0.15) is 26.3 Å². The molecule has 1 unspecified atom stereocenters. The van der Waals surface area contributed by atoms with Crippen LogP contribution in [0.3, 0.4) is 0 Å². The van der Waals surface area contributed by atoms with Crippen LogP contribution in [0, 0.1) is 5.92 Å². The molecule has 16 heavy (non-hydrogen) atoms. The first-order valence-electron chi connectivity index (χ1n) is 5.18. The van der Waals surface area contributed by atoms with E-state index < -0.39 is 0 Å². The van der Waals surface area contributed by atoms with Crippen LogP contribution in [0.2, 0.25) is 5.02 Å². The highest BCUT2D eigenvalue weighted by atomic mass is 35.5. The van der Waals surface area contributed by atoms with E-state index in [1.165, 1.54) is 0 Å². The van der Waals surface area contributed by atoms with Crippen molar-refractivity contribution in [2.75, 3.05) is 0 Å². The maximum absolute atomic E-state index is 5.89. The molecule has 0 aromatic heterocycles. The van der Waals surface area contributed by atoms with E-state index in [-0.39, 0.29) is 6.10 Å². The predicted octanol–water partition coefficient (Wildman–Crippen LogP) is 3.40. The second kappa shape index (κ2) is 5.51. The third kappa shape index (κ3) is 3.35. The summed E-state index contributed by atoms with van der Waals surface area (Å²) in [6.45, 7) is 6.21. The lowest BCUT2D eigenvalue weighted by Crippen LogP contribution is -2.21. The van der Waals surface area contributed by atoms with E-state index >= 15 is 0 Å². The van der Waals surface area contributed by atoms with Crippen molar-refractivity contribution in [3.63, 3.8) is 0 Å². The van der Waals surface area contributed by atoms with Crippen LogP contribution < -0.4 is 10.5 Å². The van der Waals surface area contributed by atoms with Crippen LogP contribution in [-0.2, 0) is 0 Å². The van der Waals surface area contributed by atoms with Crippen molar-refractivity contribution in [2.45, 2.75) is 26.9 Å². The van der Waals surface area contributed by atoms with E-state index in [9.17, 15) is 0 Å². The highest BCUT2D eigenvalue weighted by molar-refractivity contribution is 7.80. The summed E-state index contributed by atoms with van der Waals surface area (Å²) in [5.74, 6) is 1.12. The molecule has 88 valence electrons. The summed E-state index contributed by atoms with van der Waals surface area (Å²) in [6, 6.07) is 5.30. The number of hydrogen-bond acceptors (Lipinski definition) is 2. The first kappa shape index (κ1) is 13.3. The van der Waals surface area contributed by atoms with Crippen molar-refractivity contribution in [1.29, 1.82) is 0 Å². The fraction of sp³-hybridized carbons (Fsp3) is 0.417. The number of halogens is 1. The molecule has 1 aromatic rings. The number of ether oxygens (including phenoxy) is 1. The van der Waals surface area contributed by atoms with Gasteiger partial charge in [-0.05, 0) is 31.0 Å². The van der Waals surface area contributed by atoms with Gasteiger partial charge in [-0.3, -0.25) is 0 Å². The zero-order chi connectivity index (χ0) is 12.3. The van der Waals surface area contributed by atoms with Gasteiger partial charge in [0.05, 0.1) is 11.7 Å². The Morgan fingerprint density at radius 2 is 2.00 bits per heavy atom. The minimum absolute atomic E-state index is 0.106. The normalized spacial score (nSPS) is 12.6. The lowest BCUT2D eigenvalue weighted by Gasteiger charge is -2.20. The summed E-state index contributed by atoms with van der Waals surface area (Å²) >= 11 is 10.9. The first-order valence-corrected chi connectivity index (χ1v) is 5.96. The van der Waals surface area contributed by atoms with Gasteiger partial charge in [-0.2, -0.15) is 0 Å². The van der Waals surface area contributed by atoms with E-state index in [0.29, 0.717) is 27.2 Å². The summed E-state index contributed by atoms with van der Waals surface area (Å²) in [5, 5.41) is 0.604. The zero-order valence-electron chi connectivity index (χ0n) is 9.66. The fourth-order valence-electron chi connectivity index (χ4n) is 1.13. The van der Waals surface area contributed by atoms with Gasteiger partial charge in [-0.15, -0.1) is 0 Å². The molecule has 0 heterocycles. The largest absolute Gasteiger partial charge is 0.490 e. The molecule has 2 N–H and O–H groups in total. The van der Waals surface area contributed by atoms with E-state index in [0.717, 1.165) is 0 Å². The van der Waals surface area contributed by atoms with Crippen molar-refractivity contribution < 1.29 is 4.74 Å². The van der Waals surface area contributed by atoms with Crippen LogP contribution in [0.15, 0.2) is 18.2 Å². The topological polar surface area (TPSA) is 35.2 Å². The predicted molar refractivity (Wildman–Crippen MR) is 72.3 cm³/mol. The van der Waals surface area contributed by atoms with Crippen molar-refractivity contribution in [1.82, 2.24) is 0 Å². The molecule has 1 rings (SSSR count). The quantitative estimate of drug-likeness (QED) is 0.840. The molecular weight excluding hydrogens is 242 g/mol. The molecule has 0 amide bonds. The molecular formula is C12H16ClNOS. The Labute approximate surface area is 107 Å². The smallest absolute Gasteiger partial charge is 0.129 e. The molecule has 0 aliphatic heterocycles. The maximum atomic E-state index is 5.89. The summed E-state index contributed by atoms with van der Waals surface area (Å²) in [7, 11) is 0. The highest BCUT2D eigenvalue weighted by Gasteiger charge is 2.13. The molecule has 1 aromatic carbocycles. The van der Waals surface area contributed by atoms with Crippen LogP contribution in [0.4, 0.5) is 0 Å². The summed E-state index contributed by atoms with van der Waals surface area (Å²) in [5.41, 5.74) is 6.32. The van der Waals surface area contributed by atoms with Gasteiger partial charge in [0.25, 0.3) is 0 Å². The van der Waals surface area contributed by atoms with Gasteiger partial charge in [0.1, 0.15) is 10.7 Å². The number of nitrogens with two attached hydrogens (primary N) is 1. The van der Waals surface area contributed by atoms with Crippen molar-refractivity contribution >= 4 is 28.8 Å². The molecule has 0 aliphatic carbocycles. The second-order valence-electron chi connectivity index (χ2n) is 4.07. The monoisotopic (exact) mass is 257 g/mol. The Morgan fingerprint density at radius 1 is 1.38 bits per heavy atom.